The average molecular weight is 319 g/mol. The number of amides is 1. The van der Waals surface area contributed by atoms with E-state index in [1.165, 1.54) is 13.0 Å². The minimum atomic E-state index is -1.17. The van der Waals surface area contributed by atoms with Gasteiger partial charge < -0.3 is 14.8 Å². The van der Waals surface area contributed by atoms with Crippen LogP contribution in [0.5, 0.6) is 0 Å². The summed E-state index contributed by atoms with van der Waals surface area (Å²) in [4.78, 5) is 36.0. The first kappa shape index (κ1) is 18.4. The zero-order valence-corrected chi connectivity index (χ0v) is 13.3. The topological polar surface area (TPSA) is 81.7 Å². The number of nitrogens with one attached hydrogen (secondary N) is 1. The SMILES string of the molecule is C=CCOC(=O)C(C(C)=O)C(NC(=O)OCC)c1ccccc1. The standard InChI is InChI=1S/C17H21NO5/c1-4-11-23-16(20)14(12(3)19)15(18-17(21)22-5-2)13-9-7-6-8-10-13/h4,6-10,14-15H,1,5,11H2,2-3H3,(H,18,21). The summed E-state index contributed by atoms with van der Waals surface area (Å²) in [6.45, 7) is 6.57. The number of ketones is 1. The Morgan fingerprint density at radius 1 is 1.22 bits per heavy atom. The molecule has 0 heterocycles. The molecule has 2 unspecified atom stereocenters. The summed E-state index contributed by atoms with van der Waals surface area (Å²) in [7, 11) is 0. The summed E-state index contributed by atoms with van der Waals surface area (Å²) < 4.78 is 9.84. The molecule has 0 bridgehead atoms. The van der Waals surface area contributed by atoms with Gasteiger partial charge in [0, 0.05) is 0 Å². The van der Waals surface area contributed by atoms with Crippen LogP contribution in [0.2, 0.25) is 0 Å². The van der Waals surface area contributed by atoms with Gasteiger partial charge in [-0.2, -0.15) is 0 Å². The quantitative estimate of drug-likeness (QED) is 0.452. The molecule has 6 nitrogen and oxygen atoms in total. The molecule has 0 spiro atoms. The van der Waals surface area contributed by atoms with Crippen LogP contribution in [-0.2, 0) is 19.1 Å². The lowest BCUT2D eigenvalue weighted by Gasteiger charge is -2.25. The molecule has 6 heteroatoms. The molecular formula is C17H21NO5. The van der Waals surface area contributed by atoms with Crippen LogP contribution in [0.15, 0.2) is 43.0 Å². The molecule has 2 atom stereocenters. The number of carbonyl (C=O) groups is 3. The lowest BCUT2D eigenvalue weighted by Crippen LogP contribution is -2.41. The summed E-state index contributed by atoms with van der Waals surface area (Å²) in [6, 6.07) is 7.86. The number of benzene rings is 1. The van der Waals surface area contributed by atoms with E-state index >= 15 is 0 Å². The van der Waals surface area contributed by atoms with Crippen molar-refractivity contribution in [1.82, 2.24) is 5.32 Å². The largest absolute Gasteiger partial charge is 0.461 e. The zero-order valence-electron chi connectivity index (χ0n) is 13.3. The molecule has 1 aromatic carbocycles. The molecule has 0 aromatic heterocycles. The molecule has 1 rings (SSSR count). The monoisotopic (exact) mass is 319 g/mol. The van der Waals surface area contributed by atoms with Crippen molar-refractivity contribution in [3.05, 3.63) is 48.6 Å². The van der Waals surface area contributed by atoms with E-state index < -0.39 is 29.8 Å². The fourth-order valence-corrected chi connectivity index (χ4v) is 2.09. The van der Waals surface area contributed by atoms with Crippen LogP contribution in [0.4, 0.5) is 4.79 Å². The van der Waals surface area contributed by atoms with Crippen molar-refractivity contribution < 1.29 is 23.9 Å². The van der Waals surface area contributed by atoms with E-state index in [4.69, 9.17) is 9.47 Å². The van der Waals surface area contributed by atoms with Crippen LogP contribution in [0.3, 0.4) is 0 Å². The molecule has 0 saturated heterocycles. The first-order chi connectivity index (χ1) is 11.0. The fourth-order valence-electron chi connectivity index (χ4n) is 2.09. The molecule has 0 aliphatic carbocycles. The maximum atomic E-state index is 12.2. The van der Waals surface area contributed by atoms with Gasteiger partial charge in [-0.25, -0.2) is 4.79 Å². The fraction of sp³-hybridized carbons (Fsp3) is 0.353. The van der Waals surface area contributed by atoms with Crippen LogP contribution in [0.25, 0.3) is 0 Å². The van der Waals surface area contributed by atoms with Crippen LogP contribution in [0.1, 0.15) is 25.5 Å². The van der Waals surface area contributed by atoms with Gasteiger partial charge in [-0.05, 0) is 19.4 Å². The van der Waals surface area contributed by atoms with E-state index in [0.717, 1.165) is 0 Å². The van der Waals surface area contributed by atoms with E-state index in [2.05, 4.69) is 11.9 Å². The number of rotatable bonds is 8. The van der Waals surface area contributed by atoms with Crippen molar-refractivity contribution in [3.63, 3.8) is 0 Å². The number of alkyl carbamates (subject to hydrolysis) is 1. The number of carbonyl (C=O) groups excluding carboxylic acids is 3. The van der Waals surface area contributed by atoms with Gasteiger partial charge in [0.1, 0.15) is 18.3 Å². The minimum absolute atomic E-state index is 0.0104. The van der Waals surface area contributed by atoms with E-state index in [9.17, 15) is 14.4 Å². The summed E-state index contributed by atoms with van der Waals surface area (Å²) in [5, 5.41) is 2.56. The molecule has 23 heavy (non-hydrogen) atoms. The Morgan fingerprint density at radius 2 is 1.87 bits per heavy atom. The van der Waals surface area contributed by atoms with Gasteiger partial charge in [0.05, 0.1) is 12.6 Å². The van der Waals surface area contributed by atoms with Gasteiger partial charge in [0.15, 0.2) is 0 Å². The van der Waals surface area contributed by atoms with E-state index in [1.54, 1.807) is 37.3 Å². The molecule has 0 saturated carbocycles. The lowest BCUT2D eigenvalue weighted by atomic mass is 9.90. The second-order valence-corrected chi connectivity index (χ2v) is 4.76. The number of ether oxygens (including phenoxy) is 2. The highest BCUT2D eigenvalue weighted by Gasteiger charge is 2.36. The Balaban J connectivity index is 3.12. The van der Waals surface area contributed by atoms with Crippen molar-refractivity contribution >= 4 is 17.8 Å². The summed E-state index contributed by atoms with van der Waals surface area (Å²) >= 11 is 0. The highest BCUT2D eigenvalue weighted by atomic mass is 16.5. The number of Topliss-reactive ketones (excluding diaryl/α,β-unsaturated/α-hetero) is 1. The van der Waals surface area contributed by atoms with Crippen LogP contribution < -0.4 is 5.32 Å². The Hall–Kier alpha value is -2.63. The predicted molar refractivity (Wildman–Crippen MR) is 84.7 cm³/mol. The molecule has 0 radical (unpaired) electrons. The molecule has 0 aliphatic rings. The summed E-state index contributed by atoms with van der Waals surface area (Å²) in [6.07, 6.45) is 0.704. The van der Waals surface area contributed by atoms with Gasteiger partial charge in [-0.15, -0.1) is 0 Å². The van der Waals surface area contributed by atoms with Crippen molar-refractivity contribution in [2.45, 2.75) is 19.9 Å². The Bertz CT molecular complexity index is 555. The second kappa shape index (κ2) is 9.40. The predicted octanol–water partition coefficient (Wildman–Crippen LogP) is 2.41. The van der Waals surface area contributed by atoms with Gasteiger partial charge in [-0.3, -0.25) is 9.59 Å². The van der Waals surface area contributed by atoms with E-state index in [0.29, 0.717) is 5.56 Å². The number of hydrogen-bond donors (Lipinski definition) is 1. The highest BCUT2D eigenvalue weighted by Crippen LogP contribution is 2.24. The van der Waals surface area contributed by atoms with Gasteiger partial charge in [-0.1, -0.05) is 43.0 Å². The Labute approximate surface area is 135 Å². The van der Waals surface area contributed by atoms with Crippen molar-refractivity contribution in [2.75, 3.05) is 13.2 Å². The molecule has 124 valence electrons. The smallest absolute Gasteiger partial charge is 0.407 e. The van der Waals surface area contributed by atoms with Gasteiger partial charge in [0.2, 0.25) is 0 Å². The summed E-state index contributed by atoms with van der Waals surface area (Å²) in [5.41, 5.74) is 0.608. The van der Waals surface area contributed by atoms with Crippen LogP contribution in [-0.4, -0.2) is 31.1 Å². The van der Waals surface area contributed by atoms with Gasteiger partial charge >= 0.3 is 12.1 Å². The molecule has 0 fully saturated rings. The second-order valence-electron chi connectivity index (χ2n) is 4.76. The van der Waals surface area contributed by atoms with Crippen molar-refractivity contribution in [1.29, 1.82) is 0 Å². The molecule has 1 N–H and O–H groups in total. The van der Waals surface area contributed by atoms with E-state index in [-0.39, 0.29) is 13.2 Å². The maximum Gasteiger partial charge on any atom is 0.407 e. The van der Waals surface area contributed by atoms with Crippen LogP contribution >= 0.6 is 0 Å². The third-order valence-corrected chi connectivity index (χ3v) is 3.08. The minimum Gasteiger partial charge on any atom is -0.461 e. The van der Waals surface area contributed by atoms with Gasteiger partial charge in [0.25, 0.3) is 0 Å². The normalized spacial score (nSPS) is 12.6. The number of hydrogen-bond acceptors (Lipinski definition) is 5. The molecule has 1 aromatic rings. The first-order valence-corrected chi connectivity index (χ1v) is 7.27. The van der Waals surface area contributed by atoms with Crippen LogP contribution in [0, 0.1) is 5.92 Å². The Morgan fingerprint density at radius 3 is 2.39 bits per heavy atom. The zero-order chi connectivity index (χ0) is 17.2. The third-order valence-electron chi connectivity index (χ3n) is 3.08. The average Bonchev–Trinajstić information content (AvgIpc) is 2.53. The van der Waals surface area contributed by atoms with E-state index in [1.807, 2.05) is 0 Å². The van der Waals surface area contributed by atoms with Crippen molar-refractivity contribution in [3.8, 4) is 0 Å². The third kappa shape index (κ3) is 5.58. The highest BCUT2D eigenvalue weighted by molar-refractivity contribution is 5.99. The molecule has 0 aliphatic heterocycles. The lowest BCUT2D eigenvalue weighted by molar-refractivity contribution is -0.151. The Kier molecular flexibility index (Phi) is 7.53. The molecule has 1 amide bonds. The van der Waals surface area contributed by atoms with Crippen molar-refractivity contribution in [2.24, 2.45) is 5.92 Å². The first-order valence-electron chi connectivity index (χ1n) is 7.27. The summed E-state index contributed by atoms with van der Waals surface area (Å²) in [5.74, 6) is -2.30. The number of esters is 1. The molecular weight excluding hydrogens is 298 g/mol. The maximum absolute atomic E-state index is 12.2.